The van der Waals surface area contributed by atoms with E-state index in [1.54, 1.807) is 24.3 Å². The maximum atomic E-state index is 12.0. The SMILES string of the molecule is C=C(CN1C(=O)c2ccccc2C1=O)C(=O)OC. The number of imide groups is 1. The molecule has 0 radical (unpaired) electrons. The van der Waals surface area contributed by atoms with Crippen LogP contribution in [-0.2, 0) is 9.53 Å². The molecule has 5 nitrogen and oxygen atoms in total. The van der Waals surface area contributed by atoms with E-state index >= 15 is 0 Å². The van der Waals surface area contributed by atoms with Gasteiger partial charge in [-0.05, 0) is 12.1 Å². The summed E-state index contributed by atoms with van der Waals surface area (Å²) in [6, 6.07) is 6.53. The number of hydrogen-bond acceptors (Lipinski definition) is 4. The maximum Gasteiger partial charge on any atom is 0.334 e. The molecule has 0 atom stereocenters. The molecule has 0 fully saturated rings. The number of nitrogens with zero attached hydrogens (tertiary/aromatic N) is 1. The average Bonchev–Trinajstić information content (AvgIpc) is 2.63. The van der Waals surface area contributed by atoms with Crippen LogP contribution in [0.1, 0.15) is 20.7 Å². The van der Waals surface area contributed by atoms with Crippen LogP contribution in [0.4, 0.5) is 0 Å². The second kappa shape index (κ2) is 4.44. The third kappa shape index (κ3) is 1.79. The largest absolute Gasteiger partial charge is 0.466 e. The van der Waals surface area contributed by atoms with Crippen LogP contribution in [0, 0.1) is 0 Å². The van der Waals surface area contributed by atoms with Crippen LogP contribution in [0.5, 0.6) is 0 Å². The Morgan fingerprint density at radius 2 is 1.72 bits per heavy atom. The van der Waals surface area contributed by atoms with E-state index < -0.39 is 17.8 Å². The van der Waals surface area contributed by atoms with Gasteiger partial charge in [0, 0.05) is 5.57 Å². The Morgan fingerprint density at radius 3 is 2.17 bits per heavy atom. The standard InChI is InChI=1S/C13H11NO4/c1-8(13(17)18-2)7-14-11(15)9-5-3-4-6-10(9)12(14)16/h3-6H,1,7H2,2H3. The fraction of sp³-hybridized carbons (Fsp3) is 0.154. The minimum atomic E-state index is -0.633. The third-order valence-corrected chi connectivity index (χ3v) is 2.70. The number of ether oxygens (including phenoxy) is 1. The average molecular weight is 245 g/mol. The van der Waals surface area contributed by atoms with Gasteiger partial charge in [0.2, 0.25) is 0 Å². The lowest BCUT2D eigenvalue weighted by molar-refractivity contribution is -0.136. The number of amides is 2. The first-order valence-corrected chi connectivity index (χ1v) is 5.27. The van der Waals surface area contributed by atoms with Crippen molar-refractivity contribution < 1.29 is 19.1 Å². The molecule has 0 bridgehead atoms. The van der Waals surface area contributed by atoms with Gasteiger partial charge in [0.1, 0.15) is 0 Å². The van der Waals surface area contributed by atoms with Crippen LogP contribution < -0.4 is 0 Å². The molecule has 18 heavy (non-hydrogen) atoms. The highest BCUT2D eigenvalue weighted by Crippen LogP contribution is 2.23. The number of hydrogen-bond donors (Lipinski definition) is 0. The predicted molar refractivity (Wildman–Crippen MR) is 63.0 cm³/mol. The smallest absolute Gasteiger partial charge is 0.334 e. The molecule has 0 aliphatic carbocycles. The molecule has 0 saturated carbocycles. The summed E-state index contributed by atoms with van der Waals surface area (Å²) < 4.78 is 4.48. The fourth-order valence-corrected chi connectivity index (χ4v) is 1.78. The molecule has 1 aromatic carbocycles. The molecule has 1 aliphatic rings. The number of esters is 1. The van der Waals surface area contributed by atoms with Gasteiger partial charge in [0.25, 0.3) is 11.8 Å². The van der Waals surface area contributed by atoms with E-state index in [-0.39, 0.29) is 12.1 Å². The van der Waals surface area contributed by atoms with Crippen LogP contribution in [0.25, 0.3) is 0 Å². The first-order valence-electron chi connectivity index (χ1n) is 5.27. The van der Waals surface area contributed by atoms with Crippen molar-refractivity contribution in [3.05, 3.63) is 47.5 Å². The van der Waals surface area contributed by atoms with Crippen molar-refractivity contribution in [1.82, 2.24) is 4.90 Å². The van der Waals surface area contributed by atoms with Crippen LogP contribution in [-0.4, -0.2) is 36.3 Å². The van der Waals surface area contributed by atoms with Crippen molar-refractivity contribution in [3.8, 4) is 0 Å². The molecule has 5 heteroatoms. The lowest BCUT2D eigenvalue weighted by atomic mass is 10.1. The molecule has 2 rings (SSSR count). The Balaban J connectivity index is 2.24. The summed E-state index contributed by atoms with van der Waals surface area (Å²) in [5.74, 6) is -1.46. The highest BCUT2D eigenvalue weighted by Gasteiger charge is 2.35. The van der Waals surface area contributed by atoms with Gasteiger partial charge in [0.05, 0.1) is 24.8 Å². The number of rotatable bonds is 3. The predicted octanol–water partition coefficient (Wildman–Crippen LogP) is 1.01. The van der Waals surface area contributed by atoms with Gasteiger partial charge < -0.3 is 4.74 Å². The summed E-state index contributed by atoms with van der Waals surface area (Å²) in [5.41, 5.74) is 0.757. The molecular weight excluding hydrogens is 234 g/mol. The Morgan fingerprint density at radius 1 is 1.22 bits per heavy atom. The van der Waals surface area contributed by atoms with E-state index in [9.17, 15) is 14.4 Å². The summed E-state index contributed by atoms with van der Waals surface area (Å²) in [7, 11) is 1.22. The number of methoxy groups -OCH3 is 1. The van der Waals surface area contributed by atoms with Crippen LogP contribution in [0.2, 0.25) is 0 Å². The normalized spacial score (nSPS) is 13.5. The van der Waals surface area contributed by atoms with E-state index in [0.717, 1.165) is 4.90 Å². The second-order valence-electron chi connectivity index (χ2n) is 3.84. The zero-order valence-corrected chi connectivity index (χ0v) is 9.80. The molecule has 1 aromatic rings. The molecule has 0 unspecified atom stereocenters. The monoisotopic (exact) mass is 245 g/mol. The summed E-state index contributed by atoms with van der Waals surface area (Å²) in [6.45, 7) is 3.35. The van der Waals surface area contributed by atoms with Crippen LogP contribution in [0.3, 0.4) is 0 Å². The van der Waals surface area contributed by atoms with Crippen molar-refractivity contribution in [3.63, 3.8) is 0 Å². The molecule has 1 aliphatic heterocycles. The van der Waals surface area contributed by atoms with Crippen LogP contribution in [0.15, 0.2) is 36.4 Å². The Kier molecular flexibility index (Phi) is 2.97. The van der Waals surface area contributed by atoms with Gasteiger partial charge in [-0.2, -0.15) is 0 Å². The molecule has 1 heterocycles. The number of benzene rings is 1. The van der Waals surface area contributed by atoms with Gasteiger partial charge in [-0.3, -0.25) is 14.5 Å². The van der Waals surface area contributed by atoms with Gasteiger partial charge in [-0.15, -0.1) is 0 Å². The van der Waals surface area contributed by atoms with Gasteiger partial charge in [-0.25, -0.2) is 4.79 Å². The van der Waals surface area contributed by atoms with Crippen molar-refractivity contribution in [2.45, 2.75) is 0 Å². The first kappa shape index (κ1) is 12.0. The van der Waals surface area contributed by atoms with Crippen LogP contribution >= 0.6 is 0 Å². The molecule has 92 valence electrons. The zero-order chi connectivity index (χ0) is 13.3. The number of carbonyl (C=O) groups excluding carboxylic acids is 3. The van der Waals surface area contributed by atoms with Gasteiger partial charge in [-0.1, -0.05) is 18.7 Å². The van der Waals surface area contributed by atoms with Gasteiger partial charge in [0.15, 0.2) is 0 Å². The second-order valence-corrected chi connectivity index (χ2v) is 3.84. The summed E-state index contributed by atoms with van der Waals surface area (Å²) in [6.07, 6.45) is 0. The molecule has 2 amide bonds. The van der Waals surface area contributed by atoms with E-state index in [4.69, 9.17) is 0 Å². The lowest BCUT2D eigenvalue weighted by Crippen LogP contribution is -2.33. The maximum absolute atomic E-state index is 12.0. The van der Waals surface area contributed by atoms with E-state index in [2.05, 4.69) is 11.3 Å². The minimum absolute atomic E-state index is 0.0620. The Labute approximate surface area is 104 Å². The number of fused-ring (bicyclic) bond motifs is 1. The molecule has 0 N–H and O–H groups in total. The van der Waals surface area contributed by atoms with Crippen molar-refractivity contribution in [2.75, 3.05) is 13.7 Å². The van der Waals surface area contributed by atoms with E-state index in [0.29, 0.717) is 11.1 Å². The van der Waals surface area contributed by atoms with Gasteiger partial charge >= 0.3 is 5.97 Å². The minimum Gasteiger partial charge on any atom is -0.466 e. The van der Waals surface area contributed by atoms with E-state index in [1.807, 2.05) is 0 Å². The summed E-state index contributed by atoms with van der Waals surface area (Å²) in [5, 5.41) is 0. The third-order valence-electron chi connectivity index (χ3n) is 2.70. The Bertz CT molecular complexity index is 527. The molecule has 0 spiro atoms. The van der Waals surface area contributed by atoms with Crippen molar-refractivity contribution in [2.24, 2.45) is 0 Å². The summed E-state index contributed by atoms with van der Waals surface area (Å²) in [4.78, 5) is 36.1. The fourth-order valence-electron chi connectivity index (χ4n) is 1.78. The van der Waals surface area contributed by atoms with Crippen molar-refractivity contribution >= 4 is 17.8 Å². The number of carbonyl (C=O) groups is 3. The summed E-state index contributed by atoms with van der Waals surface area (Å²) >= 11 is 0. The highest BCUT2D eigenvalue weighted by atomic mass is 16.5. The van der Waals surface area contributed by atoms with Crippen molar-refractivity contribution in [1.29, 1.82) is 0 Å². The Hall–Kier alpha value is -2.43. The molecule has 0 saturated heterocycles. The zero-order valence-electron chi connectivity index (χ0n) is 9.80. The topological polar surface area (TPSA) is 63.7 Å². The lowest BCUT2D eigenvalue weighted by Gasteiger charge is -2.14. The molecule has 0 aromatic heterocycles. The molecular formula is C13H11NO4. The highest BCUT2D eigenvalue weighted by molar-refractivity contribution is 6.21. The van der Waals surface area contributed by atoms with E-state index in [1.165, 1.54) is 7.11 Å². The first-order chi connectivity index (χ1) is 8.56. The quantitative estimate of drug-likeness (QED) is 0.453.